The summed E-state index contributed by atoms with van der Waals surface area (Å²) in [7, 11) is 0. The van der Waals surface area contributed by atoms with E-state index in [4.69, 9.17) is 4.74 Å². The van der Waals surface area contributed by atoms with Crippen molar-refractivity contribution in [3.8, 4) is 5.75 Å². The van der Waals surface area contributed by atoms with Gasteiger partial charge in [-0.05, 0) is 43.7 Å². The van der Waals surface area contributed by atoms with Gasteiger partial charge < -0.3 is 9.64 Å². The number of carbonyl (C=O) groups is 1. The molecule has 2 aromatic rings. The van der Waals surface area contributed by atoms with E-state index in [1.165, 1.54) is 12.1 Å². The first-order valence-electron chi connectivity index (χ1n) is 9.19. The van der Waals surface area contributed by atoms with E-state index in [1.807, 2.05) is 13.8 Å². The Labute approximate surface area is 162 Å². The lowest BCUT2D eigenvalue weighted by Crippen LogP contribution is -2.58. The predicted octanol–water partition coefficient (Wildman–Crippen LogP) is 3.60. The monoisotopic (exact) mass is 392 g/mol. The molecule has 0 aliphatic carbocycles. The van der Waals surface area contributed by atoms with Crippen molar-refractivity contribution in [2.75, 3.05) is 19.7 Å². The molecule has 0 saturated carbocycles. The van der Waals surface area contributed by atoms with Gasteiger partial charge in [0.2, 0.25) is 0 Å². The van der Waals surface area contributed by atoms with Crippen LogP contribution in [0.15, 0.2) is 42.5 Å². The summed E-state index contributed by atoms with van der Waals surface area (Å²) in [5, 5.41) is 0. The third-order valence-corrected chi connectivity index (χ3v) is 4.98. The molecule has 28 heavy (non-hydrogen) atoms. The minimum absolute atomic E-state index is 0.0647. The van der Waals surface area contributed by atoms with Crippen molar-refractivity contribution in [3.05, 3.63) is 65.5 Å². The summed E-state index contributed by atoms with van der Waals surface area (Å²) >= 11 is 0. The highest BCUT2D eigenvalue weighted by molar-refractivity contribution is 5.78. The highest BCUT2D eigenvalue weighted by Gasteiger charge is 2.32. The van der Waals surface area contributed by atoms with E-state index in [-0.39, 0.29) is 36.2 Å². The number of amides is 1. The van der Waals surface area contributed by atoms with Gasteiger partial charge in [0.1, 0.15) is 11.6 Å². The Hall–Kier alpha value is -2.54. The molecule has 1 fully saturated rings. The van der Waals surface area contributed by atoms with E-state index in [0.717, 1.165) is 23.8 Å². The summed E-state index contributed by atoms with van der Waals surface area (Å²) in [6.07, 6.45) is 0. The van der Waals surface area contributed by atoms with Gasteiger partial charge in [-0.25, -0.2) is 13.2 Å². The molecule has 1 aliphatic heterocycles. The number of nitrogens with zero attached hydrogens (tertiary/aromatic N) is 2. The molecular weight excluding hydrogens is 369 g/mol. The summed E-state index contributed by atoms with van der Waals surface area (Å²) < 4.78 is 45.1. The van der Waals surface area contributed by atoms with Crippen LogP contribution >= 0.6 is 0 Å². The van der Waals surface area contributed by atoms with Crippen molar-refractivity contribution < 1.29 is 22.7 Å². The van der Waals surface area contributed by atoms with Crippen LogP contribution in [0.5, 0.6) is 5.75 Å². The maximum absolute atomic E-state index is 13.6. The fourth-order valence-corrected chi connectivity index (χ4v) is 3.40. The molecule has 1 saturated heterocycles. The topological polar surface area (TPSA) is 32.8 Å². The van der Waals surface area contributed by atoms with E-state index in [0.29, 0.717) is 19.6 Å². The van der Waals surface area contributed by atoms with Crippen LogP contribution in [0.2, 0.25) is 0 Å². The number of hydrogen-bond acceptors (Lipinski definition) is 3. The van der Waals surface area contributed by atoms with Crippen LogP contribution in [-0.4, -0.2) is 47.5 Å². The molecule has 0 spiro atoms. The Morgan fingerprint density at radius 1 is 1.00 bits per heavy atom. The fraction of sp³-hybridized carbons (Fsp3) is 0.381. The van der Waals surface area contributed by atoms with Gasteiger partial charge in [0, 0.05) is 37.8 Å². The molecule has 0 N–H and O–H groups in total. The van der Waals surface area contributed by atoms with E-state index >= 15 is 0 Å². The van der Waals surface area contributed by atoms with Gasteiger partial charge in [-0.3, -0.25) is 9.69 Å². The number of carbonyl (C=O) groups excluding carboxylic acids is 1. The third kappa shape index (κ3) is 4.84. The zero-order valence-electron chi connectivity index (χ0n) is 15.9. The molecule has 4 nitrogen and oxygen atoms in total. The van der Waals surface area contributed by atoms with Gasteiger partial charge in [-0.15, -0.1) is 0 Å². The van der Waals surface area contributed by atoms with E-state index in [9.17, 15) is 18.0 Å². The predicted molar refractivity (Wildman–Crippen MR) is 99.3 cm³/mol. The SMILES string of the molecule is CC1CN(C(=O)COc2cc(F)ccc2F)C(C)CN1Cc1ccc(F)cc1. The first-order valence-corrected chi connectivity index (χ1v) is 9.19. The molecule has 0 bridgehead atoms. The summed E-state index contributed by atoms with van der Waals surface area (Å²) in [6, 6.07) is 9.30. The first kappa shape index (κ1) is 20.2. The lowest BCUT2D eigenvalue weighted by molar-refractivity contribution is -0.139. The number of hydrogen-bond donors (Lipinski definition) is 0. The van der Waals surface area contributed by atoms with Crippen molar-refractivity contribution in [1.29, 1.82) is 0 Å². The fourth-order valence-electron chi connectivity index (χ4n) is 3.40. The number of halogens is 3. The molecule has 2 aromatic carbocycles. The zero-order chi connectivity index (χ0) is 20.3. The molecule has 0 radical (unpaired) electrons. The molecule has 150 valence electrons. The van der Waals surface area contributed by atoms with Crippen LogP contribution in [0, 0.1) is 17.5 Å². The molecule has 0 aromatic heterocycles. The number of benzene rings is 2. The molecular formula is C21H23F3N2O2. The normalized spacial score (nSPS) is 20.2. The Balaban J connectivity index is 1.57. The van der Waals surface area contributed by atoms with Crippen molar-refractivity contribution in [2.45, 2.75) is 32.5 Å². The maximum atomic E-state index is 13.6. The molecule has 1 aliphatic rings. The zero-order valence-corrected chi connectivity index (χ0v) is 15.9. The third-order valence-electron chi connectivity index (χ3n) is 4.98. The van der Waals surface area contributed by atoms with Crippen molar-refractivity contribution in [3.63, 3.8) is 0 Å². The van der Waals surface area contributed by atoms with Crippen molar-refractivity contribution in [1.82, 2.24) is 9.80 Å². The average Bonchev–Trinajstić information content (AvgIpc) is 2.66. The van der Waals surface area contributed by atoms with Gasteiger partial charge in [0.15, 0.2) is 18.2 Å². The second-order valence-electron chi connectivity index (χ2n) is 7.16. The van der Waals surface area contributed by atoms with Gasteiger partial charge in [-0.1, -0.05) is 12.1 Å². The lowest BCUT2D eigenvalue weighted by atomic mass is 10.1. The first-order chi connectivity index (χ1) is 13.3. The molecule has 3 rings (SSSR count). The molecule has 1 amide bonds. The Kier molecular flexibility index (Phi) is 6.24. The van der Waals surface area contributed by atoms with Crippen molar-refractivity contribution in [2.24, 2.45) is 0 Å². The van der Waals surface area contributed by atoms with Crippen LogP contribution in [0.1, 0.15) is 19.4 Å². The summed E-state index contributed by atoms with van der Waals surface area (Å²) in [6.45, 7) is 5.41. The van der Waals surface area contributed by atoms with Crippen LogP contribution in [0.4, 0.5) is 13.2 Å². The minimum atomic E-state index is -0.709. The summed E-state index contributed by atoms with van der Waals surface area (Å²) in [5.41, 5.74) is 1.00. The lowest BCUT2D eigenvalue weighted by Gasteiger charge is -2.44. The van der Waals surface area contributed by atoms with Gasteiger partial charge in [-0.2, -0.15) is 0 Å². The number of rotatable bonds is 5. The van der Waals surface area contributed by atoms with Crippen LogP contribution in [-0.2, 0) is 11.3 Å². The van der Waals surface area contributed by atoms with E-state index < -0.39 is 11.6 Å². The summed E-state index contributed by atoms with van der Waals surface area (Å²) in [5.74, 6) is -2.15. The Morgan fingerprint density at radius 2 is 1.68 bits per heavy atom. The van der Waals surface area contributed by atoms with Crippen LogP contribution in [0.3, 0.4) is 0 Å². The maximum Gasteiger partial charge on any atom is 0.260 e. The van der Waals surface area contributed by atoms with Gasteiger partial charge in [0.05, 0.1) is 0 Å². The molecule has 1 heterocycles. The van der Waals surface area contributed by atoms with Crippen molar-refractivity contribution >= 4 is 5.91 Å². The average molecular weight is 392 g/mol. The molecule has 2 atom stereocenters. The van der Waals surface area contributed by atoms with Gasteiger partial charge >= 0.3 is 0 Å². The number of ether oxygens (including phenoxy) is 1. The highest BCUT2D eigenvalue weighted by atomic mass is 19.1. The largest absolute Gasteiger partial charge is 0.481 e. The summed E-state index contributed by atoms with van der Waals surface area (Å²) in [4.78, 5) is 16.5. The second-order valence-corrected chi connectivity index (χ2v) is 7.16. The quantitative estimate of drug-likeness (QED) is 0.780. The smallest absolute Gasteiger partial charge is 0.260 e. The van der Waals surface area contributed by atoms with Crippen LogP contribution in [0.25, 0.3) is 0 Å². The standard InChI is InChI=1S/C21H23F3N2O2/c1-14-11-26(21(27)13-28-20-9-18(23)7-8-19(20)24)15(2)10-25(14)12-16-3-5-17(22)6-4-16/h3-9,14-15H,10-13H2,1-2H3. The number of piperazine rings is 1. The Morgan fingerprint density at radius 3 is 2.39 bits per heavy atom. The van der Waals surface area contributed by atoms with E-state index in [2.05, 4.69) is 4.90 Å². The second kappa shape index (κ2) is 8.65. The van der Waals surface area contributed by atoms with E-state index in [1.54, 1.807) is 17.0 Å². The minimum Gasteiger partial charge on any atom is -0.481 e. The highest BCUT2D eigenvalue weighted by Crippen LogP contribution is 2.21. The van der Waals surface area contributed by atoms with Gasteiger partial charge in [0.25, 0.3) is 5.91 Å². The van der Waals surface area contributed by atoms with Crippen LogP contribution < -0.4 is 4.74 Å². The molecule has 7 heteroatoms. The Bertz CT molecular complexity index is 829. The molecule has 2 unspecified atom stereocenters.